The molecular formula is C11H15BrN2. The van der Waals surface area contributed by atoms with Gasteiger partial charge in [-0.25, -0.2) is 4.98 Å². The second kappa shape index (κ2) is 3.04. The van der Waals surface area contributed by atoms with Crippen LogP contribution in [0.2, 0.25) is 0 Å². The summed E-state index contributed by atoms with van der Waals surface area (Å²) in [4.78, 5) is 4.26. The van der Waals surface area contributed by atoms with Crippen molar-refractivity contribution in [1.29, 1.82) is 0 Å². The number of pyridine rings is 1. The quantitative estimate of drug-likeness (QED) is 0.825. The molecule has 0 bridgehead atoms. The van der Waals surface area contributed by atoms with Crippen molar-refractivity contribution < 1.29 is 0 Å². The van der Waals surface area contributed by atoms with Gasteiger partial charge in [0.15, 0.2) is 0 Å². The Morgan fingerprint density at radius 3 is 2.57 bits per heavy atom. The van der Waals surface area contributed by atoms with E-state index in [0.717, 1.165) is 4.60 Å². The molecule has 0 unspecified atom stereocenters. The Bertz CT molecular complexity index is 351. The van der Waals surface area contributed by atoms with Crippen LogP contribution in [0.4, 0.5) is 0 Å². The standard InChI is InChI=1S/C11H15BrN2/c1-10(2,13)11(5-6-11)8-4-3-7-14-9(8)12/h3-4,7H,5-6,13H2,1-2H3. The van der Waals surface area contributed by atoms with Crippen molar-refractivity contribution in [3.05, 3.63) is 28.5 Å². The van der Waals surface area contributed by atoms with Crippen molar-refractivity contribution in [2.24, 2.45) is 5.73 Å². The highest BCUT2D eigenvalue weighted by Crippen LogP contribution is 2.55. The van der Waals surface area contributed by atoms with Crippen molar-refractivity contribution in [2.75, 3.05) is 0 Å². The fourth-order valence-corrected chi connectivity index (χ4v) is 2.76. The molecule has 0 atom stereocenters. The van der Waals surface area contributed by atoms with Crippen molar-refractivity contribution in [3.8, 4) is 0 Å². The first kappa shape index (κ1) is 10.1. The minimum Gasteiger partial charge on any atom is -0.325 e. The molecule has 1 heterocycles. The van der Waals surface area contributed by atoms with Crippen LogP contribution in [0.15, 0.2) is 22.9 Å². The average molecular weight is 255 g/mol. The molecule has 0 aliphatic heterocycles. The van der Waals surface area contributed by atoms with E-state index >= 15 is 0 Å². The van der Waals surface area contributed by atoms with E-state index in [2.05, 4.69) is 40.8 Å². The lowest BCUT2D eigenvalue weighted by Gasteiger charge is -2.31. The Labute approximate surface area is 93.0 Å². The molecule has 2 rings (SSSR count). The second-order valence-electron chi connectivity index (χ2n) is 4.65. The molecule has 2 nitrogen and oxygen atoms in total. The zero-order valence-electron chi connectivity index (χ0n) is 8.55. The largest absolute Gasteiger partial charge is 0.325 e. The lowest BCUT2D eigenvalue weighted by atomic mass is 9.80. The van der Waals surface area contributed by atoms with Gasteiger partial charge in [0, 0.05) is 17.2 Å². The number of rotatable bonds is 2. The smallest absolute Gasteiger partial charge is 0.109 e. The van der Waals surface area contributed by atoms with Gasteiger partial charge in [0.2, 0.25) is 0 Å². The summed E-state index contributed by atoms with van der Waals surface area (Å²) >= 11 is 3.50. The fraction of sp³-hybridized carbons (Fsp3) is 0.545. The van der Waals surface area contributed by atoms with Crippen LogP contribution in [0.5, 0.6) is 0 Å². The number of aromatic nitrogens is 1. The first-order chi connectivity index (χ1) is 6.47. The normalized spacial score (nSPS) is 19.4. The van der Waals surface area contributed by atoms with Gasteiger partial charge >= 0.3 is 0 Å². The van der Waals surface area contributed by atoms with Gasteiger partial charge in [-0.2, -0.15) is 0 Å². The summed E-state index contributed by atoms with van der Waals surface area (Å²) in [5, 5.41) is 0. The van der Waals surface area contributed by atoms with Gasteiger partial charge in [0.25, 0.3) is 0 Å². The zero-order chi connectivity index (χ0) is 10.4. The van der Waals surface area contributed by atoms with Gasteiger partial charge < -0.3 is 5.73 Å². The lowest BCUT2D eigenvalue weighted by Crippen LogP contribution is -2.45. The Balaban J connectivity index is 2.46. The maximum Gasteiger partial charge on any atom is 0.109 e. The van der Waals surface area contributed by atoms with Gasteiger partial charge in [-0.05, 0) is 54.2 Å². The zero-order valence-corrected chi connectivity index (χ0v) is 10.1. The molecule has 76 valence electrons. The molecule has 0 radical (unpaired) electrons. The Hall–Kier alpha value is -0.410. The molecule has 3 heteroatoms. The summed E-state index contributed by atoms with van der Waals surface area (Å²) < 4.78 is 0.941. The third kappa shape index (κ3) is 1.39. The van der Waals surface area contributed by atoms with Crippen LogP contribution in [0.25, 0.3) is 0 Å². The first-order valence-corrected chi connectivity index (χ1v) is 5.66. The molecule has 0 spiro atoms. The summed E-state index contributed by atoms with van der Waals surface area (Å²) in [5.74, 6) is 0. The maximum atomic E-state index is 6.23. The van der Waals surface area contributed by atoms with E-state index in [0.29, 0.717) is 0 Å². The first-order valence-electron chi connectivity index (χ1n) is 4.87. The van der Waals surface area contributed by atoms with Crippen molar-refractivity contribution >= 4 is 15.9 Å². The van der Waals surface area contributed by atoms with Gasteiger partial charge in [-0.1, -0.05) is 6.07 Å². The van der Waals surface area contributed by atoms with E-state index < -0.39 is 0 Å². The van der Waals surface area contributed by atoms with Gasteiger partial charge in [0.05, 0.1) is 0 Å². The summed E-state index contributed by atoms with van der Waals surface area (Å²) in [7, 11) is 0. The number of hydrogen-bond donors (Lipinski definition) is 1. The highest BCUT2D eigenvalue weighted by Gasteiger charge is 2.54. The van der Waals surface area contributed by atoms with Crippen LogP contribution >= 0.6 is 15.9 Å². The minimum atomic E-state index is -0.168. The van der Waals surface area contributed by atoms with E-state index in [4.69, 9.17) is 5.73 Å². The van der Waals surface area contributed by atoms with Crippen molar-refractivity contribution in [2.45, 2.75) is 37.6 Å². The molecule has 0 amide bonds. The predicted octanol–water partition coefficient (Wildman–Crippen LogP) is 2.61. The highest BCUT2D eigenvalue weighted by atomic mass is 79.9. The van der Waals surface area contributed by atoms with Crippen LogP contribution in [0.3, 0.4) is 0 Å². The SMILES string of the molecule is CC(C)(N)C1(c2cccnc2Br)CC1. The predicted molar refractivity (Wildman–Crippen MR) is 61.1 cm³/mol. The van der Waals surface area contributed by atoms with Crippen LogP contribution < -0.4 is 5.73 Å². The number of nitrogens with zero attached hydrogens (tertiary/aromatic N) is 1. The summed E-state index contributed by atoms with van der Waals surface area (Å²) in [5.41, 5.74) is 7.46. The van der Waals surface area contributed by atoms with Gasteiger partial charge in [0.1, 0.15) is 4.60 Å². The summed E-state index contributed by atoms with van der Waals surface area (Å²) in [6, 6.07) is 4.10. The third-order valence-electron chi connectivity index (χ3n) is 3.26. The molecule has 1 saturated carbocycles. The Morgan fingerprint density at radius 2 is 2.14 bits per heavy atom. The van der Waals surface area contributed by atoms with Gasteiger partial charge in [-0.3, -0.25) is 0 Å². The molecule has 1 fully saturated rings. The molecule has 0 aromatic carbocycles. The summed E-state index contributed by atoms with van der Waals surface area (Å²) in [6.07, 6.45) is 4.13. The topological polar surface area (TPSA) is 38.9 Å². The number of halogens is 1. The van der Waals surface area contributed by atoms with Crippen molar-refractivity contribution in [3.63, 3.8) is 0 Å². The molecule has 14 heavy (non-hydrogen) atoms. The minimum absolute atomic E-state index is 0.139. The van der Waals surface area contributed by atoms with E-state index in [9.17, 15) is 0 Å². The molecule has 2 N–H and O–H groups in total. The molecule has 1 aliphatic carbocycles. The average Bonchev–Trinajstić information content (AvgIpc) is 2.84. The Kier molecular flexibility index (Phi) is 2.20. The lowest BCUT2D eigenvalue weighted by molar-refractivity contribution is 0.389. The number of nitrogens with two attached hydrogens (primary N) is 1. The van der Waals surface area contributed by atoms with Gasteiger partial charge in [-0.15, -0.1) is 0 Å². The van der Waals surface area contributed by atoms with E-state index in [1.165, 1.54) is 18.4 Å². The van der Waals surface area contributed by atoms with Crippen LogP contribution in [0.1, 0.15) is 32.3 Å². The second-order valence-corrected chi connectivity index (χ2v) is 5.40. The number of hydrogen-bond acceptors (Lipinski definition) is 2. The molecule has 1 aliphatic rings. The van der Waals surface area contributed by atoms with Crippen LogP contribution in [-0.4, -0.2) is 10.5 Å². The van der Waals surface area contributed by atoms with E-state index in [-0.39, 0.29) is 11.0 Å². The highest BCUT2D eigenvalue weighted by molar-refractivity contribution is 9.10. The molecule has 1 aromatic rings. The molecular weight excluding hydrogens is 240 g/mol. The van der Waals surface area contributed by atoms with Crippen LogP contribution in [0, 0.1) is 0 Å². The fourth-order valence-electron chi connectivity index (χ4n) is 2.13. The Morgan fingerprint density at radius 1 is 1.50 bits per heavy atom. The van der Waals surface area contributed by atoms with E-state index in [1.54, 1.807) is 6.20 Å². The monoisotopic (exact) mass is 254 g/mol. The van der Waals surface area contributed by atoms with Crippen molar-refractivity contribution in [1.82, 2.24) is 4.98 Å². The molecule has 0 saturated heterocycles. The third-order valence-corrected chi connectivity index (χ3v) is 3.89. The maximum absolute atomic E-state index is 6.23. The van der Waals surface area contributed by atoms with Crippen LogP contribution in [-0.2, 0) is 5.41 Å². The molecule has 1 aromatic heterocycles. The van der Waals surface area contributed by atoms with E-state index in [1.807, 2.05) is 6.07 Å². The summed E-state index contributed by atoms with van der Waals surface area (Å²) in [6.45, 7) is 4.19.